The molecule has 1 saturated carbocycles. The molecule has 4 heteroatoms. The molecule has 0 bridgehead atoms. The minimum absolute atomic E-state index is 0.241. The molecule has 114 valence electrons. The first-order chi connectivity index (χ1) is 10.2. The van der Waals surface area contributed by atoms with E-state index in [2.05, 4.69) is 11.4 Å². The molecular weight excluding hydrogens is 284 g/mol. The average molecular weight is 307 g/mol. The van der Waals surface area contributed by atoms with E-state index in [0.717, 1.165) is 48.9 Å². The number of carbonyl (C=O) groups is 1. The van der Waals surface area contributed by atoms with Crippen LogP contribution in [0.2, 0.25) is 5.02 Å². The zero-order valence-corrected chi connectivity index (χ0v) is 13.1. The molecule has 2 fully saturated rings. The lowest BCUT2D eigenvalue weighted by atomic mass is 10.0. The molecule has 3 rings (SSSR count). The molecule has 0 spiro atoms. The molecule has 3 nitrogen and oxygen atoms in total. The van der Waals surface area contributed by atoms with Gasteiger partial charge in [0.2, 0.25) is 5.91 Å². The lowest BCUT2D eigenvalue weighted by molar-refractivity contribution is -0.131. The van der Waals surface area contributed by atoms with Crippen molar-refractivity contribution in [2.75, 3.05) is 19.6 Å². The summed E-state index contributed by atoms with van der Waals surface area (Å²) < 4.78 is 0. The van der Waals surface area contributed by atoms with Crippen LogP contribution in [-0.2, 0) is 11.2 Å². The Labute approximate surface area is 131 Å². The molecule has 1 unspecified atom stereocenters. The summed E-state index contributed by atoms with van der Waals surface area (Å²) in [6.45, 7) is 2.36. The summed E-state index contributed by atoms with van der Waals surface area (Å²) >= 11 is 6.24. The van der Waals surface area contributed by atoms with Gasteiger partial charge in [0.25, 0.3) is 0 Å². The summed E-state index contributed by atoms with van der Waals surface area (Å²) in [6.07, 6.45) is 5.69. The van der Waals surface area contributed by atoms with Crippen molar-refractivity contribution in [2.45, 2.75) is 38.1 Å². The van der Waals surface area contributed by atoms with Gasteiger partial charge in [0.1, 0.15) is 0 Å². The van der Waals surface area contributed by atoms with Crippen LogP contribution in [0.3, 0.4) is 0 Å². The number of nitrogens with one attached hydrogen (secondary N) is 1. The third-order valence-electron chi connectivity index (χ3n) is 4.52. The van der Waals surface area contributed by atoms with E-state index in [9.17, 15) is 4.79 Å². The van der Waals surface area contributed by atoms with Gasteiger partial charge in [-0.25, -0.2) is 0 Å². The van der Waals surface area contributed by atoms with Crippen LogP contribution in [0.4, 0.5) is 0 Å². The fourth-order valence-corrected chi connectivity index (χ4v) is 3.31. The number of nitrogens with zero attached hydrogens (tertiary/aromatic N) is 1. The molecule has 1 aliphatic carbocycles. The maximum atomic E-state index is 12.4. The molecular formula is C17H23ClN2O. The van der Waals surface area contributed by atoms with E-state index in [0.29, 0.717) is 12.6 Å². The van der Waals surface area contributed by atoms with Gasteiger partial charge in [-0.3, -0.25) is 4.79 Å². The van der Waals surface area contributed by atoms with Crippen LogP contribution in [0.5, 0.6) is 0 Å². The van der Waals surface area contributed by atoms with Crippen molar-refractivity contribution >= 4 is 17.5 Å². The van der Waals surface area contributed by atoms with Crippen LogP contribution in [0.1, 0.15) is 31.2 Å². The van der Waals surface area contributed by atoms with E-state index < -0.39 is 0 Å². The van der Waals surface area contributed by atoms with Gasteiger partial charge in [0.05, 0.1) is 6.54 Å². The first-order valence-corrected chi connectivity index (χ1v) is 8.35. The fraction of sp³-hybridized carbons (Fsp3) is 0.588. The number of hydrogen-bond acceptors (Lipinski definition) is 2. The molecule has 1 amide bonds. The molecule has 21 heavy (non-hydrogen) atoms. The molecule has 1 aromatic carbocycles. The zero-order chi connectivity index (χ0) is 14.7. The number of hydrogen-bond donors (Lipinski definition) is 1. The molecule has 1 heterocycles. The quantitative estimate of drug-likeness (QED) is 0.876. The highest BCUT2D eigenvalue weighted by molar-refractivity contribution is 6.31. The smallest absolute Gasteiger partial charge is 0.236 e. The van der Waals surface area contributed by atoms with Gasteiger partial charge in [-0.1, -0.05) is 29.8 Å². The predicted molar refractivity (Wildman–Crippen MR) is 85.5 cm³/mol. The van der Waals surface area contributed by atoms with Gasteiger partial charge in [-0.05, 0) is 56.2 Å². The van der Waals surface area contributed by atoms with Gasteiger partial charge in [0, 0.05) is 17.6 Å². The highest BCUT2D eigenvalue weighted by Crippen LogP contribution is 2.27. The number of amides is 1. The highest BCUT2D eigenvalue weighted by Gasteiger charge is 2.29. The van der Waals surface area contributed by atoms with Crippen molar-refractivity contribution in [2.24, 2.45) is 5.92 Å². The Balaban J connectivity index is 1.54. The van der Waals surface area contributed by atoms with Crippen LogP contribution >= 0.6 is 11.6 Å². The number of rotatable bonds is 6. The largest absolute Gasteiger partial charge is 0.338 e. The lowest BCUT2D eigenvalue weighted by Crippen LogP contribution is -2.42. The van der Waals surface area contributed by atoms with Gasteiger partial charge in [-0.2, -0.15) is 0 Å². The van der Waals surface area contributed by atoms with Crippen molar-refractivity contribution in [3.05, 3.63) is 34.9 Å². The Morgan fingerprint density at radius 1 is 1.29 bits per heavy atom. The predicted octanol–water partition coefficient (Wildman–Crippen LogP) is 2.87. The van der Waals surface area contributed by atoms with Crippen molar-refractivity contribution in [3.63, 3.8) is 0 Å². The third-order valence-corrected chi connectivity index (χ3v) is 4.89. The number of halogens is 1. The van der Waals surface area contributed by atoms with Gasteiger partial charge < -0.3 is 10.2 Å². The normalized spacial score (nSPS) is 21.8. The minimum Gasteiger partial charge on any atom is -0.338 e. The second-order valence-electron chi connectivity index (χ2n) is 6.25. The second kappa shape index (κ2) is 6.80. The van der Waals surface area contributed by atoms with Crippen molar-refractivity contribution in [1.29, 1.82) is 0 Å². The second-order valence-corrected chi connectivity index (χ2v) is 6.66. The maximum Gasteiger partial charge on any atom is 0.236 e. The monoisotopic (exact) mass is 306 g/mol. The van der Waals surface area contributed by atoms with Crippen molar-refractivity contribution in [1.82, 2.24) is 10.2 Å². The first-order valence-electron chi connectivity index (χ1n) is 7.97. The van der Waals surface area contributed by atoms with E-state index in [1.807, 2.05) is 23.1 Å². The number of carbonyl (C=O) groups excluding carboxylic acids is 1. The Kier molecular flexibility index (Phi) is 4.81. The molecule has 0 aromatic heterocycles. The molecule has 2 aliphatic rings. The number of likely N-dealkylation sites (tertiary alicyclic amines) is 1. The number of benzene rings is 1. The van der Waals surface area contributed by atoms with E-state index in [-0.39, 0.29) is 5.91 Å². The molecule has 1 aliphatic heterocycles. The van der Waals surface area contributed by atoms with E-state index in [1.165, 1.54) is 12.8 Å². The summed E-state index contributed by atoms with van der Waals surface area (Å²) in [7, 11) is 0. The van der Waals surface area contributed by atoms with Gasteiger partial charge in [0.15, 0.2) is 0 Å². The Hall–Kier alpha value is -1.06. The van der Waals surface area contributed by atoms with Crippen LogP contribution in [-0.4, -0.2) is 36.5 Å². The summed E-state index contributed by atoms with van der Waals surface area (Å²) in [5.74, 6) is 1.06. The Bertz CT molecular complexity index is 501. The van der Waals surface area contributed by atoms with Crippen molar-refractivity contribution < 1.29 is 4.79 Å². The molecule has 1 saturated heterocycles. The Morgan fingerprint density at radius 2 is 2.10 bits per heavy atom. The zero-order valence-electron chi connectivity index (χ0n) is 12.4. The summed E-state index contributed by atoms with van der Waals surface area (Å²) in [5, 5.41) is 4.11. The van der Waals surface area contributed by atoms with E-state index in [4.69, 9.17) is 11.6 Å². The first kappa shape index (κ1) is 14.9. The standard InChI is InChI=1S/C17H23ClN2O/c18-16-6-2-1-4-14(16)10-15-5-3-9-20(15)17(21)12-19-11-13-7-8-13/h1-2,4,6,13,15,19H,3,5,7-12H2. The van der Waals surface area contributed by atoms with Crippen molar-refractivity contribution in [3.8, 4) is 0 Å². The van der Waals surface area contributed by atoms with Crippen LogP contribution in [0, 0.1) is 5.92 Å². The van der Waals surface area contributed by atoms with E-state index in [1.54, 1.807) is 0 Å². The average Bonchev–Trinajstić information content (AvgIpc) is 3.18. The summed E-state index contributed by atoms with van der Waals surface area (Å²) in [5.41, 5.74) is 1.15. The molecule has 0 radical (unpaired) electrons. The summed E-state index contributed by atoms with van der Waals surface area (Å²) in [4.78, 5) is 14.4. The van der Waals surface area contributed by atoms with E-state index >= 15 is 0 Å². The highest BCUT2D eigenvalue weighted by atomic mass is 35.5. The Morgan fingerprint density at radius 3 is 2.86 bits per heavy atom. The van der Waals surface area contributed by atoms with Crippen LogP contribution < -0.4 is 5.32 Å². The third kappa shape index (κ3) is 3.98. The molecule has 1 aromatic rings. The van der Waals surface area contributed by atoms with Crippen LogP contribution in [0.25, 0.3) is 0 Å². The fourth-order valence-electron chi connectivity index (χ4n) is 3.10. The lowest BCUT2D eigenvalue weighted by Gasteiger charge is -2.25. The SMILES string of the molecule is O=C(CNCC1CC1)N1CCCC1Cc1ccccc1Cl. The van der Waals surface area contributed by atoms with Gasteiger partial charge in [-0.15, -0.1) is 0 Å². The minimum atomic E-state index is 0.241. The summed E-state index contributed by atoms with van der Waals surface area (Å²) in [6, 6.07) is 8.26. The topological polar surface area (TPSA) is 32.3 Å². The van der Waals surface area contributed by atoms with Crippen LogP contribution in [0.15, 0.2) is 24.3 Å². The maximum absolute atomic E-state index is 12.4. The van der Waals surface area contributed by atoms with Gasteiger partial charge >= 0.3 is 0 Å². The molecule has 1 N–H and O–H groups in total. The molecule has 1 atom stereocenters.